The minimum Gasteiger partial charge on any atom is -0.435 e. The molecule has 0 aromatic carbocycles. The van der Waals surface area contributed by atoms with Crippen LogP contribution in [0.4, 0.5) is 0 Å². The molecule has 0 aliphatic heterocycles. The molecule has 0 aliphatic rings. The molecule has 0 saturated carbocycles. The van der Waals surface area contributed by atoms with Crippen LogP contribution in [0.25, 0.3) is 0 Å². The zero-order valence-corrected chi connectivity index (χ0v) is 9.60. The predicted molar refractivity (Wildman–Crippen MR) is 50.8 cm³/mol. The minimum absolute atomic E-state index is 0.370. The van der Waals surface area contributed by atoms with Gasteiger partial charge in [-0.05, 0) is 26.2 Å². The maximum Gasteiger partial charge on any atom is 0.370 e. The number of hydrogen-bond donors (Lipinski definition) is 0. The molecule has 11 heavy (non-hydrogen) atoms. The normalized spacial score (nSPS) is 11.6. The highest BCUT2D eigenvalue weighted by Crippen LogP contribution is 2.05. The van der Waals surface area contributed by atoms with Gasteiger partial charge in [0.2, 0.25) is 0 Å². The maximum absolute atomic E-state index is 5.66. The Morgan fingerprint density at radius 1 is 1.45 bits per heavy atom. The van der Waals surface area contributed by atoms with Crippen molar-refractivity contribution >= 4 is 17.6 Å². The van der Waals surface area contributed by atoms with Gasteiger partial charge in [-0.2, -0.15) is 0 Å². The molecule has 0 bridgehead atoms. The third-order valence-corrected chi connectivity index (χ3v) is 4.96. The molecule has 0 rings (SSSR count). The first-order chi connectivity index (χ1) is 4.95. The molecule has 0 unspecified atom stereocenters. The molecule has 0 aromatic rings. The Morgan fingerprint density at radius 3 is 2.36 bits per heavy atom. The van der Waals surface area contributed by atoms with Gasteiger partial charge in [0.1, 0.15) is 0 Å². The lowest BCUT2D eigenvalue weighted by atomic mass is 10.8. The van der Waals surface area contributed by atoms with E-state index in [9.17, 15) is 0 Å². The van der Waals surface area contributed by atoms with Gasteiger partial charge < -0.3 is 8.54 Å². The molecule has 0 atom stereocenters. The highest BCUT2D eigenvalue weighted by atomic mass is 28.4. The molecular formula is C7H15O2Si2. The molecule has 0 amide bonds. The Bertz CT molecular complexity index is 146. The highest BCUT2D eigenvalue weighted by molar-refractivity contribution is 6.75. The van der Waals surface area contributed by atoms with Crippen LogP contribution in [0.1, 0.15) is 0 Å². The fourth-order valence-corrected chi connectivity index (χ4v) is 4.58. The summed E-state index contributed by atoms with van der Waals surface area (Å²) in [7, 11) is -2.51. The van der Waals surface area contributed by atoms with Crippen LogP contribution in [0.2, 0.25) is 26.2 Å². The van der Waals surface area contributed by atoms with Gasteiger partial charge in [-0.1, -0.05) is 5.92 Å². The quantitative estimate of drug-likeness (QED) is 0.492. The second-order valence-electron chi connectivity index (χ2n) is 3.20. The molecule has 63 valence electrons. The first-order valence-corrected chi connectivity index (χ1v) is 8.77. The molecule has 0 aromatic heterocycles. The first kappa shape index (κ1) is 10.9. The fourth-order valence-electron chi connectivity index (χ4n) is 0.604. The van der Waals surface area contributed by atoms with Crippen LogP contribution in [-0.4, -0.2) is 24.2 Å². The van der Waals surface area contributed by atoms with Crippen LogP contribution >= 0.6 is 0 Å². The van der Waals surface area contributed by atoms with E-state index < -0.39 is 17.6 Å². The van der Waals surface area contributed by atoms with E-state index in [4.69, 9.17) is 15.0 Å². The zero-order chi connectivity index (χ0) is 8.91. The van der Waals surface area contributed by atoms with Crippen LogP contribution in [0, 0.1) is 12.3 Å². The van der Waals surface area contributed by atoms with Crippen molar-refractivity contribution in [3.63, 3.8) is 0 Å². The largest absolute Gasteiger partial charge is 0.435 e. The van der Waals surface area contributed by atoms with Gasteiger partial charge in [0.05, 0.1) is 6.61 Å². The van der Waals surface area contributed by atoms with Crippen molar-refractivity contribution in [2.75, 3.05) is 6.61 Å². The van der Waals surface area contributed by atoms with E-state index in [1.807, 2.05) is 6.55 Å². The zero-order valence-electron chi connectivity index (χ0n) is 7.60. The Morgan fingerprint density at radius 2 is 2.00 bits per heavy atom. The van der Waals surface area contributed by atoms with Gasteiger partial charge >= 0.3 is 9.28 Å². The summed E-state index contributed by atoms with van der Waals surface area (Å²) in [6.45, 7) is 8.76. The van der Waals surface area contributed by atoms with Gasteiger partial charge in [0.15, 0.2) is 8.32 Å². The summed E-state index contributed by atoms with van der Waals surface area (Å²) in [5, 5.41) is 0. The molecule has 0 N–H and O–H groups in total. The predicted octanol–water partition coefficient (Wildman–Crippen LogP) is 1.61. The average Bonchev–Trinajstić information content (AvgIpc) is 1.79. The van der Waals surface area contributed by atoms with Crippen molar-refractivity contribution < 1.29 is 8.54 Å². The van der Waals surface area contributed by atoms with Crippen LogP contribution in [0.3, 0.4) is 0 Å². The first-order valence-electron chi connectivity index (χ1n) is 3.54. The highest BCUT2D eigenvalue weighted by Gasteiger charge is 2.20. The molecule has 2 nitrogen and oxygen atoms in total. The van der Waals surface area contributed by atoms with Crippen molar-refractivity contribution in [2.45, 2.75) is 26.2 Å². The minimum atomic E-state index is -1.42. The van der Waals surface area contributed by atoms with Gasteiger partial charge in [0.25, 0.3) is 0 Å². The number of rotatable bonds is 4. The Hall–Kier alpha value is -0.0862. The monoisotopic (exact) mass is 187 g/mol. The van der Waals surface area contributed by atoms with Crippen LogP contribution < -0.4 is 0 Å². The van der Waals surface area contributed by atoms with Crippen molar-refractivity contribution in [2.24, 2.45) is 0 Å². The summed E-state index contributed by atoms with van der Waals surface area (Å²) in [5.41, 5.74) is 0. The van der Waals surface area contributed by atoms with Crippen LogP contribution in [0.5, 0.6) is 0 Å². The smallest absolute Gasteiger partial charge is 0.370 e. The van der Waals surface area contributed by atoms with Gasteiger partial charge in [-0.3, -0.25) is 0 Å². The third-order valence-electron chi connectivity index (χ3n) is 0.809. The van der Waals surface area contributed by atoms with E-state index in [1.165, 1.54) is 0 Å². The second kappa shape index (κ2) is 4.72. The molecule has 0 spiro atoms. The number of hydrogen-bond acceptors (Lipinski definition) is 2. The lowest BCUT2D eigenvalue weighted by molar-refractivity contribution is 0.308. The molecule has 0 aliphatic carbocycles. The maximum atomic E-state index is 5.66. The number of terminal acetylenes is 1. The lowest BCUT2D eigenvalue weighted by Gasteiger charge is -2.20. The van der Waals surface area contributed by atoms with E-state index in [1.54, 1.807) is 0 Å². The van der Waals surface area contributed by atoms with E-state index in [0.717, 1.165) is 0 Å². The second-order valence-corrected chi connectivity index (χ2v) is 9.51. The SMILES string of the molecule is C#CCO[Si](C)O[Si](C)(C)C. The summed E-state index contributed by atoms with van der Waals surface area (Å²) >= 11 is 0. The summed E-state index contributed by atoms with van der Waals surface area (Å²) in [4.78, 5) is 0. The average molecular weight is 187 g/mol. The van der Waals surface area contributed by atoms with E-state index in [-0.39, 0.29) is 0 Å². The summed E-state index contributed by atoms with van der Waals surface area (Å²) in [5.74, 6) is 2.42. The molecule has 1 radical (unpaired) electrons. The third kappa shape index (κ3) is 7.81. The standard InChI is InChI=1S/C7H15O2Si2/c1-6-7-8-10(2)9-11(3,4)5/h1H,7H2,2-5H3. The van der Waals surface area contributed by atoms with E-state index in [0.29, 0.717) is 6.61 Å². The Kier molecular flexibility index (Phi) is 4.69. The van der Waals surface area contributed by atoms with Crippen LogP contribution in [0.15, 0.2) is 0 Å². The fraction of sp³-hybridized carbons (Fsp3) is 0.714. The molecular weight excluding hydrogens is 172 g/mol. The van der Waals surface area contributed by atoms with E-state index in [2.05, 4.69) is 25.6 Å². The summed E-state index contributed by atoms with van der Waals surface area (Å²) in [6, 6.07) is 0. The molecule has 0 saturated heterocycles. The van der Waals surface area contributed by atoms with Crippen molar-refractivity contribution in [3.8, 4) is 12.3 Å². The van der Waals surface area contributed by atoms with Gasteiger partial charge in [-0.15, -0.1) is 6.42 Å². The molecule has 0 fully saturated rings. The summed E-state index contributed by atoms with van der Waals surface area (Å²) < 4.78 is 10.9. The van der Waals surface area contributed by atoms with E-state index >= 15 is 0 Å². The van der Waals surface area contributed by atoms with Gasteiger partial charge in [-0.25, -0.2) is 0 Å². The van der Waals surface area contributed by atoms with Crippen molar-refractivity contribution in [3.05, 3.63) is 0 Å². The van der Waals surface area contributed by atoms with Crippen molar-refractivity contribution in [1.82, 2.24) is 0 Å². The van der Waals surface area contributed by atoms with Gasteiger partial charge in [0, 0.05) is 0 Å². The summed E-state index contributed by atoms with van der Waals surface area (Å²) in [6.07, 6.45) is 5.04. The topological polar surface area (TPSA) is 18.5 Å². The van der Waals surface area contributed by atoms with Crippen LogP contribution in [-0.2, 0) is 8.54 Å². The lowest BCUT2D eigenvalue weighted by Crippen LogP contribution is -2.34. The van der Waals surface area contributed by atoms with Crippen molar-refractivity contribution in [1.29, 1.82) is 0 Å². The Balaban J connectivity index is 3.54. The molecule has 4 heteroatoms. The Labute approximate surface area is 71.9 Å². The molecule has 0 heterocycles.